The zero-order chi connectivity index (χ0) is 9.47. The second-order valence-corrected chi connectivity index (χ2v) is 4.26. The lowest BCUT2D eigenvalue weighted by Crippen LogP contribution is -2.00. The summed E-state index contributed by atoms with van der Waals surface area (Å²) < 4.78 is 2.15. The molecule has 0 saturated heterocycles. The van der Waals surface area contributed by atoms with E-state index in [2.05, 4.69) is 62.0 Å². The Balaban J connectivity index is 2.54. The zero-order valence-corrected chi connectivity index (χ0v) is 8.41. The highest BCUT2D eigenvalue weighted by Gasteiger charge is 2.13. The fourth-order valence-corrected chi connectivity index (χ4v) is 1.57. The Hall–Kier alpha value is -1.24. The number of hydrogen-bond donors (Lipinski definition) is 0. The number of aryl methyl sites for hydroxylation is 1. The standard InChI is InChI=1S/C12H15N/c1-12(2)7-4-10-6-9-13(3)11(10)5-8-12/h4-9H,1-3H3. The van der Waals surface area contributed by atoms with Crippen LogP contribution in [-0.4, -0.2) is 4.57 Å². The van der Waals surface area contributed by atoms with Gasteiger partial charge >= 0.3 is 0 Å². The molecule has 0 saturated carbocycles. The fraction of sp³-hybridized carbons (Fsp3) is 0.333. The van der Waals surface area contributed by atoms with Gasteiger partial charge in [-0.25, -0.2) is 0 Å². The maximum absolute atomic E-state index is 2.25. The molecule has 0 spiro atoms. The van der Waals surface area contributed by atoms with Gasteiger partial charge in [0.25, 0.3) is 0 Å². The summed E-state index contributed by atoms with van der Waals surface area (Å²) in [5, 5.41) is 0. The molecular formula is C12H15N. The van der Waals surface area contributed by atoms with Crippen LogP contribution < -0.4 is 0 Å². The summed E-state index contributed by atoms with van der Waals surface area (Å²) in [6, 6.07) is 2.15. The lowest BCUT2D eigenvalue weighted by molar-refractivity contribution is 0.633. The van der Waals surface area contributed by atoms with E-state index in [4.69, 9.17) is 0 Å². The van der Waals surface area contributed by atoms with E-state index in [9.17, 15) is 0 Å². The Morgan fingerprint density at radius 1 is 1.15 bits per heavy atom. The summed E-state index contributed by atoms with van der Waals surface area (Å²) >= 11 is 0. The van der Waals surface area contributed by atoms with Gasteiger partial charge in [-0.2, -0.15) is 0 Å². The van der Waals surface area contributed by atoms with Crippen LogP contribution in [0.5, 0.6) is 0 Å². The third-order valence-corrected chi connectivity index (χ3v) is 2.52. The minimum atomic E-state index is 0.180. The molecule has 2 rings (SSSR count). The number of allylic oxidation sites excluding steroid dienone is 2. The van der Waals surface area contributed by atoms with Gasteiger partial charge in [0, 0.05) is 24.4 Å². The summed E-state index contributed by atoms with van der Waals surface area (Å²) in [6.45, 7) is 4.43. The minimum Gasteiger partial charge on any atom is -0.351 e. The van der Waals surface area contributed by atoms with Crippen LogP contribution in [0.3, 0.4) is 0 Å². The van der Waals surface area contributed by atoms with Gasteiger partial charge in [0.2, 0.25) is 0 Å². The fourth-order valence-electron chi connectivity index (χ4n) is 1.57. The van der Waals surface area contributed by atoms with E-state index in [1.54, 1.807) is 0 Å². The molecular weight excluding hydrogens is 158 g/mol. The average Bonchev–Trinajstić information content (AvgIpc) is 2.32. The van der Waals surface area contributed by atoms with Crippen LogP contribution in [0.25, 0.3) is 12.2 Å². The second kappa shape index (κ2) is 2.63. The normalized spacial score (nSPS) is 18.4. The first-order chi connectivity index (χ1) is 6.08. The molecule has 0 bridgehead atoms. The van der Waals surface area contributed by atoms with Gasteiger partial charge in [0.1, 0.15) is 0 Å². The smallest absolute Gasteiger partial charge is 0.0474 e. The third kappa shape index (κ3) is 1.46. The van der Waals surface area contributed by atoms with Crippen LogP contribution in [0.4, 0.5) is 0 Å². The van der Waals surface area contributed by atoms with Crippen molar-refractivity contribution < 1.29 is 0 Å². The molecule has 1 heteroatoms. The lowest BCUT2D eigenvalue weighted by Gasteiger charge is -2.12. The summed E-state index contributed by atoms with van der Waals surface area (Å²) in [4.78, 5) is 0. The predicted octanol–water partition coefficient (Wildman–Crippen LogP) is 3.09. The summed E-state index contributed by atoms with van der Waals surface area (Å²) in [5.74, 6) is 0. The number of nitrogens with zero attached hydrogens (tertiary/aromatic N) is 1. The van der Waals surface area contributed by atoms with Gasteiger partial charge < -0.3 is 4.57 Å². The quantitative estimate of drug-likeness (QED) is 0.568. The van der Waals surface area contributed by atoms with Crippen LogP contribution in [0.15, 0.2) is 24.4 Å². The zero-order valence-electron chi connectivity index (χ0n) is 8.41. The molecule has 0 atom stereocenters. The van der Waals surface area contributed by atoms with Gasteiger partial charge in [0.05, 0.1) is 0 Å². The SMILES string of the molecule is Cn1ccc2c1C=CC(C)(C)C=C2. The van der Waals surface area contributed by atoms with Crippen molar-refractivity contribution in [1.29, 1.82) is 0 Å². The molecule has 0 fully saturated rings. The highest BCUT2D eigenvalue weighted by Crippen LogP contribution is 2.27. The van der Waals surface area contributed by atoms with Crippen molar-refractivity contribution in [3.63, 3.8) is 0 Å². The van der Waals surface area contributed by atoms with Gasteiger partial charge in [-0.1, -0.05) is 32.1 Å². The molecule has 1 heterocycles. The molecule has 1 aliphatic rings. The largest absolute Gasteiger partial charge is 0.351 e. The van der Waals surface area contributed by atoms with E-state index in [0.29, 0.717) is 0 Å². The number of aromatic nitrogens is 1. The van der Waals surface area contributed by atoms with Crippen molar-refractivity contribution in [2.24, 2.45) is 12.5 Å². The first-order valence-electron chi connectivity index (χ1n) is 4.62. The summed E-state index contributed by atoms with van der Waals surface area (Å²) in [5.41, 5.74) is 2.78. The van der Waals surface area contributed by atoms with Crippen molar-refractivity contribution in [1.82, 2.24) is 4.57 Å². The highest BCUT2D eigenvalue weighted by atomic mass is 14.9. The minimum absolute atomic E-state index is 0.180. The molecule has 0 amide bonds. The number of rotatable bonds is 0. The first-order valence-corrected chi connectivity index (χ1v) is 4.62. The van der Waals surface area contributed by atoms with Crippen LogP contribution in [0.1, 0.15) is 25.1 Å². The Kier molecular flexibility index (Phi) is 1.69. The molecule has 1 aromatic rings. The monoisotopic (exact) mass is 173 g/mol. The molecule has 0 unspecified atom stereocenters. The molecule has 0 aromatic carbocycles. The number of hydrogen-bond acceptors (Lipinski definition) is 0. The van der Waals surface area contributed by atoms with E-state index < -0.39 is 0 Å². The molecule has 1 aliphatic carbocycles. The second-order valence-electron chi connectivity index (χ2n) is 4.26. The van der Waals surface area contributed by atoms with Crippen LogP contribution in [0.2, 0.25) is 0 Å². The maximum atomic E-state index is 2.25. The van der Waals surface area contributed by atoms with Crippen LogP contribution >= 0.6 is 0 Å². The molecule has 0 N–H and O–H groups in total. The van der Waals surface area contributed by atoms with Gasteiger partial charge in [0.15, 0.2) is 0 Å². The lowest BCUT2D eigenvalue weighted by atomic mass is 9.93. The van der Waals surface area contributed by atoms with Crippen molar-refractivity contribution in [2.75, 3.05) is 0 Å². The van der Waals surface area contributed by atoms with Crippen LogP contribution in [-0.2, 0) is 7.05 Å². The van der Waals surface area contributed by atoms with Crippen molar-refractivity contribution in [2.45, 2.75) is 13.8 Å². The molecule has 68 valence electrons. The number of fused-ring (bicyclic) bond motifs is 1. The van der Waals surface area contributed by atoms with E-state index in [1.807, 2.05) is 0 Å². The van der Waals surface area contributed by atoms with E-state index in [-0.39, 0.29) is 5.41 Å². The van der Waals surface area contributed by atoms with Crippen molar-refractivity contribution >= 4 is 12.2 Å². The highest BCUT2D eigenvalue weighted by molar-refractivity contribution is 5.66. The molecule has 1 aromatic heterocycles. The van der Waals surface area contributed by atoms with Gasteiger partial charge in [-0.3, -0.25) is 0 Å². The van der Waals surface area contributed by atoms with Gasteiger partial charge in [-0.05, 0) is 17.7 Å². The van der Waals surface area contributed by atoms with Crippen molar-refractivity contribution in [3.8, 4) is 0 Å². The van der Waals surface area contributed by atoms with E-state index in [0.717, 1.165) is 0 Å². The average molecular weight is 173 g/mol. The van der Waals surface area contributed by atoms with E-state index >= 15 is 0 Å². The Morgan fingerprint density at radius 3 is 2.62 bits per heavy atom. The van der Waals surface area contributed by atoms with Gasteiger partial charge in [-0.15, -0.1) is 0 Å². The Bertz CT molecular complexity index is 378. The van der Waals surface area contributed by atoms with Crippen LogP contribution in [0, 0.1) is 5.41 Å². The van der Waals surface area contributed by atoms with E-state index in [1.165, 1.54) is 11.3 Å². The third-order valence-electron chi connectivity index (χ3n) is 2.52. The summed E-state index contributed by atoms with van der Waals surface area (Å²) in [7, 11) is 2.08. The maximum Gasteiger partial charge on any atom is 0.0474 e. The Labute approximate surface area is 79.4 Å². The topological polar surface area (TPSA) is 4.93 Å². The predicted molar refractivity (Wildman–Crippen MR) is 57.3 cm³/mol. The molecule has 0 aliphatic heterocycles. The molecule has 0 radical (unpaired) electrons. The molecule has 13 heavy (non-hydrogen) atoms. The molecule has 1 nitrogen and oxygen atoms in total. The first kappa shape index (κ1) is 8.36. The Morgan fingerprint density at radius 2 is 1.85 bits per heavy atom. The summed E-state index contributed by atoms with van der Waals surface area (Å²) in [6.07, 6.45) is 11.0. The van der Waals surface area contributed by atoms with Crippen molar-refractivity contribution in [3.05, 3.63) is 35.7 Å².